The van der Waals surface area contributed by atoms with Crippen LogP contribution in [0.1, 0.15) is 16.2 Å². The zero-order valence-corrected chi connectivity index (χ0v) is 21.1. The molecule has 0 aliphatic carbocycles. The highest BCUT2D eigenvalue weighted by Gasteiger charge is 2.22. The second-order valence-electron chi connectivity index (χ2n) is 8.20. The van der Waals surface area contributed by atoms with Gasteiger partial charge in [-0.05, 0) is 36.4 Å². The Bertz CT molecular complexity index is 1170. The third-order valence-corrected chi connectivity index (χ3v) is 6.89. The molecule has 1 saturated heterocycles. The Labute approximate surface area is 215 Å². The lowest BCUT2D eigenvalue weighted by Gasteiger charge is -2.36. The summed E-state index contributed by atoms with van der Waals surface area (Å²) in [5, 5.41) is 12.0. The highest BCUT2D eigenvalue weighted by atomic mass is 32.2. The van der Waals surface area contributed by atoms with Gasteiger partial charge in [0, 0.05) is 44.0 Å². The summed E-state index contributed by atoms with van der Waals surface area (Å²) in [6.45, 7) is 7.50. The number of hydrogen-bond donors (Lipinski definition) is 1. The van der Waals surface area contributed by atoms with Gasteiger partial charge >= 0.3 is 0 Å². The molecule has 0 spiro atoms. The summed E-state index contributed by atoms with van der Waals surface area (Å²) < 4.78 is 7.00. The molecule has 188 valence electrons. The minimum Gasteiger partial charge on any atom is -0.497 e. The molecule has 36 heavy (non-hydrogen) atoms. The summed E-state index contributed by atoms with van der Waals surface area (Å²) in [5.41, 5.74) is 1.71. The average molecular weight is 507 g/mol. The van der Waals surface area contributed by atoms with Crippen LogP contribution >= 0.6 is 11.8 Å². The number of amides is 2. The third kappa shape index (κ3) is 6.25. The lowest BCUT2D eigenvalue weighted by Crippen LogP contribution is -2.49. The maximum atomic E-state index is 12.9. The molecular formula is C26H30N6O3S. The molecular weight excluding hydrogens is 476 g/mol. The number of thioether (sulfide) groups is 1. The molecule has 1 fully saturated rings. The molecule has 10 heteroatoms. The van der Waals surface area contributed by atoms with Gasteiger partial charge in [0.1, 0.15) is 5.75 Å². The smallest absolute Gasteiger partial charge is 0.251 e. The van der Waals surface area contributed by atoms with Gasteiger partial charge in [-0.25, -0.2) is 0 Å². The standard InChI is InChI=1S/C26H30N6O3S/c1-3-13-32-23(18-27-25(34)20-9-11-22(35-2)12-10-20)28-29-26(32)36-19-24(33)31-16-14-30(15-17-31)21-7-5-4-6-8-21/h3-12H,1,13-19H2,2H3,(H,27,34). The highest BCUT2D eigenvalue weighted by Crippen LogP contribution is 2.20. The summed E-state index contributed by atoms with van der Waals surface area (Å²) in [7, 11) is 1.58. The van der Waals surface area contributed by atoms with Gasteiger partial charge < -0.3 is 24.4 Å². The van der Waals surface area contributed by atoms with E-state index in [1.54, 1.807) is 37.5 Å². The fraction of sp³-hybridized carbons (Fsp3) is 0.308. The Morgan fingerprint density at radius 3 is 2.44 bits per heavy atom. The Balaban J connectivity index is 1.30. The number of nitrogens with one attached hydrogen (secondary N) is 1. The number of para-hydroxylation sites is 1. The number of methoxy groups -OCH3 is 1. The molecule has 2 amide bonds. The van der Waals surface area contributed by atoms with Gasteiger partial charge in [-0.15, -0.1) is 16.8 Å². The molecule has 3 aromatic rings. The molecule has 0 bridgehead atoms. The van der Waals surface area contributed by atoms with Gasteiger partial charge in [0.05, 0.1) is 19.4 Å². The molecule has 0 radical (unpaired) electrons. The van der Waals surface area contributed by atoms with Gasteiger partial charge in [-0.2, -0.15) is 0 Å². The van der Waals surface area contributed by atoms with E-state index in [4.69, 9.17) is 4.74 Å². The Hall–Kier alpha value is -3.79. The monoisotopic (exact) mass is 506 g/mol. The third-order valence-electron chi connectivity index (χ3n) is 5.94. The van der Waals surface area contributed by atoms with Gasteiger partial charge in [0.15, 0.2) is 11.0 Å². The topological polar surface area (TPSA) is 92.6 Å². The molecule has 1 aliphatic heterocycles. The van der Waals surface area contributed by atoms with Crippen LogP contribution in [0, 0.1) is 0 Å². The number of anilines is 1. The molecule has 0 atom stereocenters. The van der Waals surface area contributed by atoms with Crippen LogP contribution in [-0.4, -0.2) is 70.5 Å². The van der Waals surface area contributed by atoms with Crippen molar-refractivity contribution in [1.29, 1.82) is 0 Å². The van der Waals surface area contributed by atoms with Crippen LogP contribution in [0.15, 0.2) is 72.4 Å². The summed E-state index contributed by atoms with van der Waals surface area (Å²) in [6, 6.07) is 17.1. The van der Waals surface area contributed by atoms with E-state index in [9.17, 15) is 9.59 Å². The van der Waals surface area contributed by atoms with Crippen molar-refractivity contribution in [3.8, 4) is 5.75 Å². The number of rotatable bonds is 10. The van der Waals surface area contributed by atoms with Crippen molar-refractivity contribution >= 4 is 29.3 Å². The quantitative estimate of drug-likeness (QED) is 0.334. The fourth-order valence-corrected chi connectivity index (χ4v) is 4.81. The van der Waals surface area contributed by atoms with Crippen LogP contribution in [-0.2, 0) is 17.9 Å². The van der Waals surface area contributed by atoms with Crippen LogP contribution < -0.4 is 15.0 Å². The molecule has 1 N–H and O–H groups in total. The number of nitrogens with zero attached hydrogens (tertiary/aromatic N) is 5. The van der Waals surface area contributed by atoms with E-state index in [0.29, 0.717) is 41.9 Å². The van der Waals surface area contributed by atoms with E-state index < -0.39 is 0 Å². The number of allylic oxidation sites excluding steroid dienone is 1. The first kappa shape index (κ1) is 25.3. The molecule has 1 aromatic heterocycles. The van der Waals surface area contributed by atoms with Gasteiger partial charge in [-0.3, -0.25) is 9.59 Å². The Kier molecular flexibility index (Phi) is 8.62. The zero-order chi connectivity index (χ0) is 25.3. The number of piperazine rings is 1. The fourth-order valence-electron chi connectivity index (χ4n) is 3.94. The summed E-state index contributed by atoms with van der Waals surface area (Å²) in [6.07, 6.45) is 1.74. The van der Waals surface area contributed by atoms with Crippen LogP contribution in [0.5, 0.6) is 5.75 Å². The minimum absolute atomic E-state index is 0.0789. The lowest BCUT2D eigenvalue weighted by molar-refractivity contribution is -0.128. The first-order chi connectivity index (χ1) is 17.6. The summed E-state index contributed by atoms with van der Waals surface area (Å²) >= 11 is 1.35. The van der Waals surface area contributed by atoms with Crippen molar-refractivity contribution < 1.29 is 14.3 Å². The van der Waals surface area contributed by atoms with E-state index in [1.807, 2.05) is 27.7 Å². The molecule has 2 heterocycles. The van der Waals surface area contributed by atoms with Crippen LogP contribution in [0.2, 0.25) is 0 Å². The zero-order valence-electron chi connectivity index (χ0n) is 20.3. The summed E-state index contributed by atoms with van der Waals surface area (Å²) in [4.78, 5) is 29.6. The van der Waals surface area contributed by atoms with Crippen molar-refractivity contribution in [3.63, 3.8) is 0 Å². The molecule has 2 aromatic carbocycles. The van der Waals surface area contributed by atoms with E-state index in [2.05, 4.69) is 39.1 Å². The van der Waals surface area contributed by atoms with Crippen molar-refractivity contribution in [1.82, 2.24) is 25.0 Å². The predicted octanol–water partition coefficient (Wildman–Crippen LogP) is 2.84. The number of hydrogen-bond acceptors (Lipinski definition) is 7. The maximum absolute atomic E-state index is 12.9. The average Bonchev–Trinajstić information content (AvgIpc) is 3.32. The molecule has 0 unspecified atom stereocenters. The van der Waals surface area contributed by atoms with E-state index in [-0.39, 0.29) is 24.1 Å². The lowest BCUT2D eigenvalue weighted by atomic mass is 10.2. The van der Waals surface area contributed by atoms with Gasteiger partial charge in [-0.1, -0.05) is 36.0 Å². The number of aromatic nitrogens is 3. The Morgan fingerprint density at radius 1 is 1.06 bits per heavy atom. The van der Waals surface area contributed by atoms with Crippen molar-refractivity contribution in [2.75, 3.05) is 43.9 Å². The van der Waals surface area contributed by atoms with E-state index >= 15 is 0 Å². The SMILES string of the molecule is C=CCn1c(CNC(=O)c2ccc(OC)cc2)nnc1SCC(=O)N1CCN(c2ccccc2)CC1. The van der Waals surface area contributed by atoms with Crippen LogP contribution in [0.25, 0.3) is 0 Å². The van der Waals surface area contributed by atoms with E-state index in [0.717, 1.165) is 13.1 Å². The second kappa shape index (κ2) is 12.3. The van der Waals surface area contributed by atoms with E-state index in [1.165, 1.54) is 17.4 Å². The molecule has 9 nitrogen and oxygen atoms in total. The summed E-state index contributed by atoms with van der Waals surface area (Å²) in [5.74, 6) is 1.42. The highest BCUT2D eigenvalue weighted by molar-refractivity contribution is 7.99. The number of carbonyl (C=O) groups is 2. The van der Waals surface area contributed by atoms with Crippen molar-refractivity contribution in [2.45, 2.75) is 18.2 Å². The second-order valence-corrected chi connectivity index (χ2v) is 9.14. The number of carbonyl (C=O) groups excluding carboxylic acids is 2. The Morgan fingerprint density at radius 2 is 1.78 bits per heavy atom. The van der Waals surface area contributed by atoms with Crippen LogP contribution in [0.3, 0.4) is 0 Å². The number of ether oxygens (including phenoxy) is 1. The molecule has 1 aliphatic rings. The van der Waals surface area contributed by atoms with Crippen LogP contribution in [0.4, 0.5) is 5.69 Å². The van der Waals surface area contributed by atoms with Gasteiger partial charge in [0.25, 0.3) is 5.91 Å². The first-order valence-corrected chi connectivity index (χ1v) is 12.7. The predicted molar refractivity (Wildman–Crippen MR) is 140 cm³/mol. The molecule has 0 saturated carbocycles. The minimum atomic E-state index is -0.218. The normalized spacial score (nSPS) is 13.4. The largest absolute Gasteiger partial charge is 0.497 e. The van der Waals surface area contributed by atoms with Gasteiger partial charge in [0.2, 0.25) is 5.91 Å². The molecule has 4 rings (SSSR count). The maximum Gasteiger partial charge on any atom is 0.251 e. The first-order valence-electron chi connectivity index (χ1n) is 11.7. The number of benzene rings is 2. The van der Waals surface area contributed by atoms with Crippen molar-refractivity contribution in [2.24, 2.45) is 0 Å². The van der Waals surface area contributed by atoms with Crippen molar-refractivity contribution in [3.05, 3.63) is 78.6 Å².